The Morgan fingerprint density at radius 1 is 0.317 bits per heavy atom. The van der Waals surface area contributed by atoms with E-state index < -0.39 is 0 Å². The Bertz CT molecular complexity index is 2040. The number of hydrogen-bond acceptors (Lipinski definition) is 0. The van der Waals surface area contributed by atoms with Gasteiger partial charge in [-0.05, 0) is 77.2 Å². The van der Waals surface area contributed by atoms with Crippen molar-refractivity contribution in [3.05, 3.63) is 157 Å². The highest BCUT2D eigenvalue weighted by molar-refractivity contribution is 6.21. The van der Waals surface area contributed by atoms with E-state index in [1.807, 2.05) is 0 Å². The SMILES string of the molecule is CC1(C)c2ccccc2-c2c(-c3ccc(-c4c5ccccc5c(-c5ccccc5)c5ccccc45)cc3)cccc21. The van der Waals surface area contributed by atoms with Crippen LogP contribution < -0.4 is 0 Å². The van der Waals surface area contributed by atoms with Gasteiger partial charge >= 0.3 is 0 Å². The van der Waals surface area contributed by atoms with Crippen molar-refractivity contribution in [2.75, 3.05) is 0 Å². The maximum atomic E-state index is 2.35. The van der Waals surface area contributed by atoms with Crippen LogP contribution in [0.5, 0.6) is 0 Å². The summed E-state index contributed by atoms with van der Waals surface area (Å²) in [5.41, 5.74) is 13.2. The number of fused-ring (bicyclic) bond motifs is 5. The molecule has 0 nitrogen and oxygen atoms in total. The lowest BCUT2D eigenvalue weighted by molar-refractivity contribution is 0.660. The summed E-state index contributed by atoms with van der Waals surface area (Å²) in [5.74, 6) is 0. The summed E-state index contributed by atoms with van der Waals surface area (Å²) in [6, 6.07) is 53.5. The minimum atomic E-state index is 0.000206. The van der Waals surface area contributed by atoms with Crippen molar-refractivity contribution in [1.82, 2.24) is 0 Å². The van der Waals surface area contributed by atoms with Gasteiger partial charge in [-0.1, -0.05) is 159 Å². The summed E-state index contributed by atoms with van der Waals surface area (Å²) in [4.78, 5) is 0. The number of benzene rings is 7. The zero-order chi connectivity index (χ0) is 27.6. The van der Waals surface area contributed by atoms with Crippen LogP contribution in [-0.4, -0.2) is 0 Å². The molecule has 8 rings (SSSR count). The molecule has 0 heterocycles. The van der Waals surface area contributed by atoms with Crippen LogP contribution in [0.25, 0.3) is 66.1 Å². The van der Waals surface area contributed by atoms with Crippen LogP contribution in [0.3, 0.4) is 0 Å². The van der Waals surface area contributed by atoms with Gasteiger partial charge in [0.2, 0.25) is 0 Å². The van der Waals surface area contributed by atoms with Gasteiger partial charge in [0.15, 0.2) is 0 Å². The Labute approximate surface area is 241 Å². The summed E-state index contributed by atoms with van der Waals surface area (Å²) >= 11 is 0. The molecule has 194 valence electrons. The van der Waals surface area contributed by atoms with Gasteiger partial charge in [-0.15, -0.1) is 0 Å². The summed E-state index contributed by atoms with van der Waals surface area (Å²) in [6.45, 7) is 4.69. The maximum Gasteiger partial charge on any atom is 0.0159 e. The molecule has 0 fully saturated rings. The lowest BCUT2D eigenvalue weighted by atomic mass is 9.82. The van der Waals surface area contributed by atoms with Crippen LogP contribution in [0.4, 0.5) is 0 Å². The highest BCUT2D eigenvalue weighted by Gasteiger charge is 2.36. The quantitative estimate of drug-likeness (QED) is 0.202. The molecule has 1 aliphatic rings. The van der Waals surface area contributed by atoms with Crippen LogP contribution in [0.15, 0.2) is 146 Å². The predicted octanol–water partition coefficient (Wildman–Crippen LogP) is 11.3. The Kier molecular flexibility index (Phi) is 5.27. The molecule has 1 aliphatic carbocycles. The second-order valence-corrected chi connectivity index (χ2v) is 11.7. The van der Waals surface area contributed by atoms with E-state index in [2.05, 4.69) is 159 Å². The molecule has 0 saturated carbocycles. The molecule has 0 bridgehead atoms. The molecule has 0 atom stereocenters. The zero-order valence-corrected chi connectivity index (χ0v) is 23.4. The van der Waals surface area contributed by atoms with E-state index in [4.69, 9.17) is 0 Å². The molecule has 41 heavy (non-hydrogen) atoms. The molecule has 0 N–H and O–H groups in total. The Morgan fingerprint density at radius 3 is 1.37 bits per heavy atom. The summed E-state index contributed by atoms with van der Waals surface area (Å²) < 4.78 is 0. The average Bonchev–Trinajstić information content (AvgIpc) is 3.27. The zero-order valence-electron chi connectivity index (χ0n) is 23.4. The highest BCUT2D eigenvalue weighted by Crippen LogP contribution is 2.52. The fourth-order valence-corrected chi connectivity index (χ4v) is 7.17. The van der Waals surface area contributed by atoms with Crippen LogP contribution in [-0.2, 0) is 5.41 Å². The molecule has 7 aromatic carbocycles. The van der Waals surface area contributed by atoms with Crippen LogP contribution in [0, 0.1) is 0 Å². The van der Waals surface area contributed by atoms with Gasteiger partial charge in [0.05, 0.1) is 0 Å². The van der Waals surface area contributed by atoms with Crippen LogP contribution in [0.1, 0.15) is 25.0 Å². The van der Waals surface area contributed by atoms with Crippen molar-refractivity contribution in [3.63, 3.8) is 0 Å². The van der Waals surface area contributed by atoms with Crippen molar-refractivity contribution < 1.29 is 0 Å². The Balaban J connectivity index is 1.33. The van der Waals surface area contributed by atoms with E-state index in [0.717, 1.165) is 0 Å². The van der Waals surface area contributed by atoms with Gasteiger partial charge in [0, 0.05) is 5.41 Å². The first-order valence-corrected chi connectivity index (χ1v) is 14.5. The first-order chi connectivity index (χ1) is 20.1. The molecule has 0 spiro atoms. The fourth-order valence-electron chi connectivity index (χ4n) is 7.17. The topological polar surface area (TPSA) is 0 Å². The van der Waals surface area contributed by atoms with Crippen molar-refractivity contribution >= 4 is 21.5 Å². The first-order valence-electron chi connectivity index (χ1n) is 14.5. The predicted molar refractivity (Wildman–Crippen MR) is 175 cm³/mol. The first kappa shape index (κ1) is 23.9. The minimum Gasteiger partial charge on any atom is -0.0622 e. The second kappa shape index (κ2) is 9.04. The van der Waals surface area contributed by atoms with Crippen molar-refractivity contribution in [2.45, 2.75) is 19.3 Å². The van der Waals surface area contributed by atoms with Gasteiger partial charge in [0.25, 0.3) is 0 Å². The van der Waals surface area contributed by atoms with E-state index in [9.17, 15) is 0 Å². The molecule has 0 amide bonds. The maximum absolute atomic E-state index is 2.35. The molecular formula is C41H30. The van der Waals surface area contributed by atoms with E-state index in [1.165, 1.54) is 77.2 Å². The number of hydrogen-bond donors (Lipinski definition) is 0. The molecule has 0 radical (unpaired) electrons. The summed E-state index contributed by atoms with van der Waals surface area (Å²) in [6.07, 6.45) is 0. The monoisotopic (exact) mass is 522 g/mol. The van der Waals surface area contributed by atoms with Crippen molar-refractivity contribution in [3.8, 4) is 44.5 Å². The molecule has 0 heteroatoms. The fraction of sp³-hybridized carbons (Fsp3) is 0.0732. The van der Waals surface area contributed by atoms with Crippen LogP contribution in [0.2, 0.25) is 0 Å². The van der Waals surface area contributed by atoms with Crippen molar-refractivity contribution in [1.29, 1.82) is 0 Å². The third kappa shape index (κ3) is 3.54. The Morgan fingerprint density at radius 2 is 0.756 bits per heavy atom. The van der Waals surface area contributed by atoms with Gasteiger partial charge in [-0.25, -0.2) is 0 Å². The molecule has 0 unspecified atom stereocenters. The van der Waals surface area contributed by atoms with E-state index in [1.54, 1.807) is 0 Å². The Hall–Kier alpha value is -4.94. The van der Waals surface area contributed by atoms with Crippen molar-refractivity contribution in [2.24, 2.45) is 0 Å². The molecular weight excluding hydrogens is 492 g/mol. The van der Waals surface area contributed by atoms with Gasteiger partial charge in [0.1, 0.15) is 0 Å². The van der Waals surface area contributed by atoms with E-state index >= 15 is 0 Å². The molecule has 0 saturated heterocycles. The van der Waals surface area contributed by atoms with E-state index in [0.29, 0.717) is 0 Å². The molecule has 0 aliphatic heterocycles. The lowest BCUT2D eigenvalue weighted by Crippen LogP contribution is -2.14. The third-order valence-corrected chi connectivity index (χ3v) is 9.09. The highest BCUT2D eigenvalue weighted by atomic mass is 14.4. The average molecular weight is 523 g/mol. The summed E-state index contributed by atoms with van der Waals surface area (Å²) in [7, 11) is 0. The minimum absolute atomic E-state index is 0.000206. The standard InChI is InChI=1S/C41H30/c1-41(2)36-21-11-10-19-35(36)40-30(20-12-22-37(40)41)27-23-25-29(26-24-27)39-33-17-8-6-15-31(33)38(28-13-4-3-5-14-28)32-16-7-9-18-34(32)39/h3-26H,1-2H3. The number of rotatable bonds is 3. The van der Waals surface area contributed by atoms with Gasteiger partial charge in [-0.2, -0.15) is 0 Å². The van der Waals surface area contributed by atoms with Gasteiger partial charge in [-0.3, -0.25) is 0 Å². The normalized spacial score (nSPS) is 13.3. The van der Waals surface area contributed by atoms with Crippen LogP contribution >= 0.6 is 0 Å². The lowest BCUT2D eigenvalue weighted by Gasteiger charge is -2.21. The van der Waals surface area contributed by atoms with E-state index in [-0.39, 0.29) is 5.41 Å². The molecule has 0 aromatic heterocycles. The summed E-state index contributed by atoms with van der Waals surface area (Å²) in [5, 5.41) is 5.15. The third-order valence-electron chi connectivity index (χ3n) is 9.09. The molecule has 7 aromatic rings. The second-order valence-electron chi connectivity index (χ2n) is 11.7. The smallest absolute Gasteiger partial charge is 0.0159 e. The largest absolute Gasteiger partial charge is 0.0622 e. The van der Waals surface area contributed by atoms with Gasteiger partial charge < -0.3 is 0 Å².